The number of carbonyl (C=O) groups excluding carboxylic acids is 2. The van der Waals surface area contributed by atoms with Crippen LogP contribution < -0.4 is 10.1 Å². The Balaban J connectivity index is 1.23. The highest BCUT2D eigenvalue weighted by atomic mass is 16.5. The molecule has 4 atom stereocenters. The molecule has 8 rings (SSSR count). The van der Waals surface area contributed by atoms with Gasteiger partial charge in [-0.05, 0) is 86.2 Å². The number of hydrogen-bond donors (Lipinski definition) is 3. The molecule has 1 aromatic carbocycles. The zero-order valence-corrected chi connectivity index (χ0v) is 24.2. The number of hydrogen-bond acceptors (Lipinski definition) is 5. The van der Waals surface area contributed by atoms with E-state index in [1.165, 1.54) is 64.2 Å². The molecule has 6 aliphatic carbocycles. The van der Waals surface area contributed by atoms with Crippen LogP contribution in [0.1, 0.15) is 88.5 Å². The quantitative estimate of drug-likeness (QED) is 0.416. The highest BCUT2D eigenvalue weighted by molar-refractivity contribution is 5.96. The van der Waals surface area contributed by atoms with Crippen LogP contribution in [0.4, 0.5) is 0 Å². The van der Waals surface area contributed by atoms with E-state index in [1.807, 2.05) is 35.2 Å². The molecule has 0 radical (unpaired) electrons. The summed E-state index contributed by atoms with van der Waals surface area (Å²) in [7, 11) is 0. The van der Waals surface area contributed by atoms with Crippen LogP contribution in [-0.4, -0.2) is 64.9 Å². The molecule has 1 aliphatic heterocycles. The predicted molar refractivity (Wildman–Crippen MR) is 155 cm³/mol. The van der Waals surface area contributed by atoms with Gasteiger partial charge in [-0.15, -0.1) is 0 Å². The van der Waals surface area contributed by atoms with Crippen molar-refractivity contribution in [1.29, 1.82) is 0 Å². The monoisotopic (exact) mass is 562 g/mol. The smallest absolute Gasteiger partial charge is 0.247 e. The summed E-state index contributed by atoms with van der Waals surface area (Å²) >= 11 is 0. The average molecular weight is 563 g/mol. The van der Waals surface area contributed by atoms with Crippen molar-refractivity contribution in [2.24, 2.45) is 29.1 Å². The molecule has 1 heterocycles. The summed E-state index contributed by atoms with van der Waals surface area (Å²) in [5.74, 6) is 3.02. The van der Waals surface area contributed by atoms with Crippen molar-refractivity contribution in [1.82, 2.24) is 10.2 Å². The maximum absolute atomic E-state index is 14.2. The topological polar surface area (TPSA) is 99.1 Å². The molecule has 5 saturated carbocycles. The molecule has 7 aliphatic rings. The number of rotatable bonds is 9. The van der Waals surface area contributed by atoms with Gasteiger partial charge in [0.05, 0.1) is 18.6 Å². The molecular formula is C34H46N2O5. The molecule has 0 spiro atoms. The maximum atomic E-state index is 14.2. The number of amides is 2. The number of nitrogens with zero attached hydrogens (tertiary/aromatic N) is 1. The highest BCUT2D eigenvalue weighted by Gasteiger charge is 2.55. The zero-order chi connectivity index (χ0) is 28.1. The van der Waals surface area contributed by atoms with Crippen LogP contribution in [-0.2, 0) is 9.59 Å². The summed E-state index contributed by atoms with van der Waals surface area (Å²) in [5.41, 5.74) is 1.53. The van der Waals surface area contributed by atoms with Gasteiger partial charge in [0, 0.05) is 30.6 Å². The number of aliphatic hydroxyl groups excluding tert-OH is 2. The minimum atomic E-state index is -0.939. The third-order valence-corrected chi connectivity index (χ3v) is 11.5. The molecule has 5 fully saturated rings. The lowest BCUT2D eigenvalue weighted by atomic mass is 9.49. The van der Waals surface area contributed by atoms with E-state index in [4.69, 9.17) is 4.74 Å². The third-order valence-electron chi connectivity index (χ3n) is 11.5. The van der Waals surface area contributed by atoms with E-state index in [0.29, 0.717) is 30.2 Å². The van der Waals surface area contributed by atoms with Crippen LogP contribution in [0.3, 0.4) is 0 Å². The normalized spacial score (nSPS) is 36.8. The van der Waals surface area contributed by atoms with Gasteiger partial charge >= 0.3 is 0 Å². The van der Waals surface area contributed by atoms with Gasteiger partial charge in [-0.3, -0.25) is 9.59 Å². The van der Waals surface area contributed by atoms with Gasteiger partial charge in [-0.2, -0.15) is 0 Å². The Bertz CT molecular complexity index is 1150. The van der Waals surface area contributed by atoms with Gasteiger partial charge < -0.3 is 25.2 Å². The molecule has 7 heteroatoms. The van der Waals surface area contributed by atoms with Crippen molar-refractivity contribution in [3.05, 3.63) is 41.5 Å². The molecule has 0 saturated heterocycles. The van der Waals surface area contributed by atoms with Crippen molar-refractivity contribution in [3.63, 3.8) is 0 Å². The summed E-state index contributed by atoms with van der Waals surface area (Å²) in [6.45, 7) is 0.665. The summed E-state index contributed by atoms with van der Waals surface area (Å²) in [6.07, 6.45) is 14.2. The Hall–Kier alpha value is -2.38. The van der Waals surface area contributed by atoms with Crippen LogP contribution in [0, 0.1) is 29.1 Å². The Labute approximate surface area is 243 Å². The van der Waals surface area contributed by atoms with Crippen LogP contribution in [0.25, 0.3) is 0 Å². The van der Waals surface area contributed by atoms with Crippen molar-refractivity contribution in [2.45, 2.75) is 101 Å². The molecule has 3 N–H and O–H groups in total. The van der Waals surface area contributed by atoms with E-state index in [0.717, 1.165) is 29.7 Å². The zero-order valence-electron chi connectivity index (χ0n) is 24.2. The number of benzene rings is 1. The van der Waals surface area contributed by atoms with E-state index in [9.17, 15) is 19.8 Å². The van der Waals surface area contributed by atoms with Crippen LogP contribution in [0.15, 0.2) is 35.9 Å². The molecule has 2 amide bonds. The number of fused-ring (bicyclic) bond motifs is 3. The fraction of sp³-hybridized carbons (Fsp3) is 0.706. The molecule has 4 bridgehead atoms. The van der Waals surface area contributed by atoms with Gasteiger partial charge in [-0.25, -0.2) is 0 Å². The lowest BCUT2D eigenvalue weighted by Gasteiger charge is -2.58. The number of aliphatic hydroxyl groups is 2. The first-order valence-electron chi connectivity index (χ1n) is 16.3. The molecule has 41 heavy (non-hydrogen) atoms. The number of ether oxygens (including phenoxy) is 1. The molecule has 0 aromatic heterocycles. The molecule has 1 aromatic rings. The van der Waals surface area contributed by atoms with E-state index >= 15 is 0 Å². The molecule has 222 valence electrons. The predicted octanol–water partition coefficient (Wildman–Crippen LogP) is 4.32. The second-order valence-corrected chi connectivity index (χ2v) is 14.3. The fourth-order valence-electron chi connectivity index (χ4n) is 10.2. The van der Waals surface area contributed by atoms with Crippen molar-refractivity contribution in [2.75, 3.05) is 19.7 Å². The van der Waals surface area contributed by atoms with E-state index in [-0.39, 0.29) is 30.4 Å². The average Bonchev–Trinajstić information content (AvgIpc) is 3.62. The van der Waals surface area contributed by atoms with Gasteiger partial charge in [0.1, 0.15) is 18.0 Å². The third kappa shape index (κ3) is 5.11. The number of para-hydroxylation sites is 1. The lowest BCUT2D eigenvalue weighted by Crippen LogP contribution is -2.59. The van der Waals surface area contributed by atoms with E-state index in [2.05, 4.69) is 5.32 Å². The first-order valence-corrected chi connectivity index (χ1v) is 16.3. The Morgan fingerprint density at radius 3 is 2.39 bits per heavy atom. The van der Waals surface area contributed by atoms with Crippen molar-refractivity contribution < 1.29 is 24.5 Å². The summed E-state index contributed by atoms with van der Waals surface area (Å²) in [6, 6.07) is 7.06. The Morgan fingerprint density at radius 2 is 1.71 bits per heavy atom. The molecular weight excluding hydrogens is 516 g/mol. The van der Waals surface area contributed by atoms with E-state index in [1.54, 1.807) is 0 Å². The minimum absolute atomic E-state index is 0.108. The van der Waals surface area contributed by atoms with Crippen molar-refractivity contribution >= 4 is 11.8 Å². The van der Waals surface area contributed by atoms with Crippen molar-refractivity contribution in [3.8, 4) is 5.75 Å². The highest BCUT2D eigenvalue weighted by Crippen LogP contribution is 2.60. The summed E-state index contributed by atoms with van der Waals surface area (Å²) in [4.78, 5) is 29.8. The van der Waals surface area contributed by atoms with Gasteiger partial charge in [0.2, 0.25) is 11.8 Å². The summed E-state index contributed by atoms with van der Waals surface area (Å²) < 4.78 is 6.35. The first-order chi connectivity index (χ1) is 19.9. The summed E-state index contributed by atoms with van der Waals surface area (Å²) in [5, 5.41) is 24.2. The van der Waals surface area contributed by atoms with Crippen LogP contribution in [0.5, 0.6) is 5.75 Å². The first kappa shape index (κ1) is 27.5. The largest absolute Gasteiger partial charge is 0.486 e. The second-order valence-electron chi connectivity index (χ2n) is 14.3. The maximum Gasteiger partial charge on any atom is 0.247 e. The molecule has 0 unspecified atom stereocenters. The second kappa shape index (κ2) is 11.0. The number of nitrogens with one attached hydrogen (secondary N) is 1. The van der Waals surface area contributed by atoms with Gasteiger partial charge in [-0.1, -0.05) is 43.9 Å². The minimum Gasteiger partial charge on any atom is -0.486 e. The van der Waals surface area contributed by atoms with Gasteiger partial charge in [0.25, 0.3) is 0 Å². The van der Waals surface area contributed by atoms with Gasteiger partial charge in [0.15, 0.2) is 0 Å². The molecule has 7 nitrogen and oxygen atoms in total. The van der Waals surface area contributed by atoms with E-state index < -0.39 is 24.2 Å². The Kier molecular flexibility index (Phi) is 7.39. The Morgan fingerprint density at radius 1 is 1.02 bits per heavy atom. The standard InChI is InChI=1S/C34H46N2O5/c37-12-11-35-33(40)26-16-27(31(39)32-30(26)25-7-3-4-8-28(25)41-32)36(29(38)10-9-21-5-1-2-6-21)20-34-17-22-13-23(18-34)15-24(14-22)19-34/h3-4,7-8,16,21-24,27,30-32,37,39H,1-2,5-6,9-15,17-20H2,(H,35,40)/t22?,23?,24?,27-,30+,31+,32+,34?/m1/s1. The van der Waals surface area contributed by atoms with Crippen LogP contribution >= 0.6 is 0 Å². The fourth-order valence-corrected chi connectivity index (χ4v) is 10.2. The lowest BCUT2D eigenvalue weighted by molar-refractivity contribution is -0.145. The van der Waals surface area contributed by atoms with Crippen LogP contribution in [0.2, 0.25) is 0 Å². The number of carbonyl (C=O) groups is 2. The SMILES string of the molecule is O=C(NCCO)C1=C[C@@H](N(CC23CC4CC(CC(C4)C2)C3)C(=O)CCC2CCCC2)[C@H](O)[C@H]2Oc3ccccc3[C@@H]12.